The van der Waals surface area contributed by atoms with E-state index < -0.39 is 6.10 Å². The molecule has 1 nitrogen and oxygen atoms in total. The maximum absolute atomic E-state index is 10.7. The van der Waals surface area contributed by atoms with E-state index in [2.05, 4.69) is 48.6 Å². The van der Waals surface area contributed by atoms with Crippen molar-refractivity contribution < 1.29 is 5.11 Å². The monoisotopic (exact) mass is 298 g/mol. The van der Waals surface area contributed by atoms with Gasteiger partial charge in [-0.15, -0.1) is 0 Å². The molecule has 1 N–H and O–H groups in total. The number of hydrogen-bond donors (Lipinski definition) is 1. The first kappa shape index (κ1) is 14.0. The van der Waals surface area contributed by atoms with Crippen molar-refractivity contribution in [1.29, 1.82) is 0 Å². The zero-order chi connectivity index (χ0) is 15.6. The number of hydrogen-bond acceptors (Lipinski definition) is 1. The lowest BCUT2D eigenvalue weighted by Gasteiger charge is -2.26. The molecule has 3 aromatic carbocycles. The van der Waals surface area contributed by atoms with Gasteiger partial charge >= 0.3 is 0 Å². The molecule has 0 radical (unpaired) electrons. The summed E-state index contributed by atoms with van der Waals surface area (Å²) in [5.74, 6) is 0.00900. The molecule has 2 atom stereocenters. The molecular weight excluding hydrogens is 280 g/mol. The van der Waals surface area contributed by atoms with E-state index in [4.69, 9.17) is 0 Å². The van der Waals surface area contributed by atoms with E-state index >= 15 is 0 Å². The van der Waals surface area contributed by atoms with Crippen LogP contribution in [0.3, 0.4) is 0 Å². The standard InChI is InChI=1S/C22H18O/c23-22-20-9-5-4-8-18(20)14-15-21(22)19-12-10-17(11-13-19)16-6-2-1-3-7-16/h1-15,21-23H/t21-,22-/m1/s1. The lowest BCUT2D eigenvalue weighted by Crippen LogP contribution is -2.13. The first-order valence-electron chi connectivity index (χ1n) is 7.93. The van der Waals surface area contributed by atoms with Crippen molar-refractivity contribution in [2.45, 2.75) is 12.0 Å². The predicted octanol–water partition coefficient (Wildman–Crippen LogP) is 5.20. The number of fused-ring (bicyclic) bond motifs is 1. The van der Waals surface area contributed by atoms with Crippen molar-refractivity contribution in [2.24, 2.45) is 0 Å². The molecule has 0 unspecified atom stereocenters. The lowest BCUT2D eigenvalue weighted by molar-refractivity contribution is 0.160. The second-order valence-corrected chi connectivity index (χ2v) is 5.95. The van der Waals surface area contributed by atoms with Crippen LogP contribution in [-0.2, 0) is 0 Å². The molecule has 0 amide bonds. The van der Waals surface area contributed by atoms with E-state index in [0.717, 1.165) is 16.7 Å². The zero-order valence-corrected chi connectivity index (χ0v) is 12.8. The second-order valence-electron chi connectivity index (χ2n) is 5.95. The summed E-state index contributed by atoms with van der Waals surface area (Å²) in [7, 11) is 0. The summed E-state index contributed by atoms with van der Waals surface area (Å²) >= 11 is 0. The van der Waals surface area contributed by atoms with E-state index in [-0.39, 0.29) is 5.92 Å². The molecule has 1 aliphatic carbocycles. The average molecular weight is 298 g/mol. The molecule has 1 heteroatoms. The fraction of sp³-hybridized carbons (Fsp3) is 0.0909. The molecule has 4 rings (SSSR count). The quantitative estimate of drug-likeness (QED) is 0.689. The molecule has 0 aromatic heterocycles. The summed E-state index contributed by atoms with van der Waals surface area (Å²) in [5.41, 5.74) is 5.67. The second kappa shape index (κ2) is 5.86. The van der Waals surface area contributed by atoms with Crippen molar-refractivity contribution in [2.75, 3.05) is 0 Å². The number of benzene rings is 3. The highest BCUT2D eigenvalue weighted by atomic mass is 16.3. The van der Waals surface area contributed by atoms with Crippen molar-refractivity contribution in [3.63, 3.8) is 0 Å². The molecule has 112 valence electrons. The van der Waals surface area contributed by atoms with Crippen LogP contribution >= 0.6 is 0 Å². The summed E-state index contributed by atoms with van der Waals surface area (Å²) in [5, 5.41) is 10.7. The molecule has 0 saturated carbocycles. The van der Waals surface area contributed by atoms with Gasteiger partial charge in [0.25, 0.3) is 0 Å². The Kier molecular flexibility index (Phi) is 3.57. The normalized spacial score (nSPS) is 19.3. The van der Waals surface area contributed by atoms with Gasteiger partial charge in [0.15, 0.2) is 0 Å². The maximum atomic E-state index is 10.7. The van der Waals surface area contributed by atoms with Gasteiger partial charge in [0, 0.05) is 5.92 Å². The van der Waals surface area contributed by atoms with Crippen molar-refractivity contribution in [1.82, 2.24) is 0 Å². The fourth-order valence-electron chi connectivity index (χ4n) is 3.26. The van der Waals surface area contributed by atoms with Gasteiger partial charge in [0.05, 0.1) is 6.10 Å². The first-order chi connectivity index (χ1) is 11.3. The Morgan fingerprint density at radius 1 is 0.652 bits per heavy atom. The molecular formula is C22H18O. The Hall–Kier alpha value is -2.64. The highest BCUT2D eigenvalue weighted by molar-refractivity contribution is 5.64. The third kappa shape index (κ3) is 2.60. The Balaban J connectivity index is 1.65. The van der Waals surface area contributed by atoms with Crippen LogP contribution in [0.25, 0.3) is 17.2 Å². The van der Waals surface area contributed by atoms with Crippen LogP contribution in [0.2, 0.25) is 0 Å². The zero-order valence-electron chi connectivity index (χ0n) is 12.8. The number of aliphatic hydroxyl groups excluding tert-OH is 1. The van der Waals surface area contributed by atoms with Crippen LogP contribution in [0.5, 0.6) is 0 Å². The SMILES string of the molecule is O[C@@H]1c2ccccc2C=C[C@@H]1c1ccc(-c2ccccc2)cc1. The summed E-state index contributed by atoms with van der Waals surface area (Å²) in [4.78, 5) is 0. The van der Waals surface area contributed by atoms with Crippen molar-refractivity contribution >= 4 is 6.08 Å². The van der Waals surface area contributed by atoms with E-state index in [1.807, 2.05) is 42.5 Å². The summed E-state index contributed by atoms with van der Waals surface area (Å²) in [6.45, 7) is 0. The lowest BCUT2D eigenvalue weighted by atomic mass is 9.82. The molecule has 0 spiro atoms. The van der Waals surface area contributed by atoms with Crippen LogP contribution in [0.15, 0.2) is 84.9 Å². The van der Waals surface area contributed by atoms with Gasteiger partial charge in [0.2, 0.25) is 0 Å². The molecule has 0 saturated heterocycles. The molecule has 1 aliphatic rings. The number of rotatable bonds is 2. The van der Waals surface area contributed by atoms with Crippen LogP contribution in [0.1, 0.15) is 28.7 Å². The molecule has 0 bridgehead atoms. The number of aliphatic hydroxyl groups is 1. The Bertz CT molecular complexity index is 831. The molecule has 0 fully saturated rings. The van der Waals surface area contributed by atoms with Crippen LogP contribution in [0, 0.1) is 0 Å². The predicted molar refractivity (Wildman–Crippen MR) is 95.1 cm³/mol. The molecule has 0 heterocycles. The fourth-order valence-corrected chi connectivity index (χ4v) is 3.26. The molecule has 3 aromatic rings. The minimum absolute atomic E-state index is 0.00900. The minimum Gasteiger partial charge on any atom is -0.387 e. The molecule has 0 aliphatic heterocycles. The summed E-state index contributed by atoms with van der Waals surface area (Å²) in [6, 6.07) is 26.9. The Labute approximate surface area is 136 Å². The summed E-state index contributed by atoms with van der Waals surface area (Å²) < 4.78 is 0. The van der Waals surface area contributed by atoms with Gasteiger partial charge < -0.3 is 5.11 Å². The van der Waals surface area contributed by atoms with Crippen LogP contribution in [-0.4, -0.2) is 5.11 Å². The van der Waals surface area contributed by atoms with E-state index in [9.17, 15) is 5.11 Å². The van der Waals surface area contributed by atoms with Gasteiger partial charge in [-0.2, -0.15) is 0 Å². The van der Waals surface area contributed by atoms with Gasteiger partial charge in [-0.25, -0.2) is 0 Å². The van der Waals surface area contributed by atoms with Crippen LogP contribution in [0.4, 0.5) is 0 Å². The Morgan fingerprint density at radius 3 is 2.09 bits per heavy atom. The van der Waals surface area contributed by atoms with Gasteiger partial charge in [-0.3, -0.25) is 0 Å². The first-order valence-corrected chi connectivity index (χ1v) is 7.93. The van der Waals surface area contributed by atoms with Crippen LogP contribution < -0.4 is 0 Å². The van der Waals surface area contributed by atoms with Gasteiger partial charge in [-0.1, -0.05) is 91.0 Å². The Morgan fingerprint density at radius 2 is 1.30 bits per heavy atom. The van der Waals surface area contributed by atoms with Gasteiger partial charge in [-0.05, 0) is 27.8 Å². The van der Waals surface area contributed by atoms with E-state index in [0.29, 0.717) is 0 Å². The van der Waals surface area contributed by atoms with E-state index in [1.54, 1.807) is 0 Å². The molecule has 23 heavy (non-hydrogen) atoms. The maximum Gasteiger partial charge on any atom is 0.0899 e. The van der Waals surface area contributed by atoms with Crippen molar-refractivity contribution in [3.05, 3.63) is 102 Å². The highest BCUT2D eigenvalue weighted by Crippen LogP contribution is 2.38. The summed E-state index contributed by atoms with van der Waals surface area (Å²) in [6.07, 6.45) is 3.72. The largest absolute Gasteiger partial charge is 0.387 e. The average Bonchev–Trinajstić information content (AvgIpc) is 2.63. The van der Waals surface area contributed by atoms with E-state index in [1.165, 1.54) is 11.1 Å². The highest BCUT2D eigenvalue weighted by Gasteiger charge is 2.25. The van der Waals surface area contributed by atoms with Gasteiger partial charge in [0.1, 0.15) is 0 Å². The topological polar surface area (TPSA) is 20.2 Å². The third-order valence-corrected chi connectivity index (χ3v) is 4.54. The smallest absolute Gasteiger partial charge is 0.0899 e. The van der Waals surface area contributed by atoms with Crippen molar-refractivity contribution in [3.8, 4) is 11.1 Å². The third-order valence-electron chi connectivity index (χ3n) is 4.54. The minimum atomic E-state index is -0.487.